The summed E-state index contributed by atoms with van der Waals surface area (Å²) in [6.07, 6.45) is -12.4. The summed E-state index contributed by atoms with van der Waals surface area (Å²) < 4.78 is 191. The number of benzene rings is 5. The van der Waals surface area contributed by atoms with Crippen LogP contribution in [-0.2, 0) is 33.6 Å². The third kappa shape index (κ3) is 35.3. The van der Waals surface area contributed by atoms with E-state index in [0.29, 0.717) is 113 Å². The van der Waals surface area contributed by atoms with Crippen molar-refractivity contribution < 1.29 is 109 Å². The number of ketones is 5. The van der Waals surface area contributed by atoms with Crippen molar-refractivity contribution in [1.82, 2.24) is 40.0 Å². The van der Waals surface area contributed by atoms with E-state index in [1.807, 2.05) is 51.3 Å². The Morgan fingerprint density at radius 2 is 0.631 bits per heavy atom. The van der Waals surface area contributed by atoms with E-state index < -0.39 is 83.2 Å². The molecule has 5 aromatic carbocycles. The summed E-state index contributed by atoms with van der Waals surface area (Å²) >= 11 is 11.4. The zero-order valence-corrected chi connectivity index (χ0v) is 73.3. The Morgan fingerprint density at radius 1 is 0.377 bits per heavy atom. The molecule has 1 aliphatic carbocycles. The zero-order valence-electron chi connectivity index (χ0n) is 71.8. The number of nitrogens with zero attached hydrogens (tertiary/aromatic N) is 6. The number of alkyl halides is 9. The van der Waals surface area contributed by atoms with Gasteiger partial charge >= 0.3 is 19.1 Å². The molecule has 9 rings (SSSR count). The number of likely N-dealkylation sites (N-methyl/N-ethyl adjacent to an activating group) is 1. The number of ether oxygens (including phenoxy) is 3. The van der Waals surface area contributed by atoms with Crippen molar-refractivity contribution in [3.63, 3.8) is 0 Å². The normalized spacial score (nSPS) is 16.5. The van der Waals surface area contributed by atoms with Gasteiger partial charge < -0.3 is 39.5 Å². The molecule has 1 saturated carbocycles. The third-order valence-corrected chi connectivity index (χ3v) is 21.7. The van der Waals surface area contributed by atoms with Gasteiger partial charge in [0.25, 0.3) is 0 Å². The molecule has 122 heavy (non-hydrogen) atoms. The van der Waals surface area contributed by atoms with Crippen LogP contribution < -0.4 is 24.8 Å². The summed E-state index contributed by atoms with van der Waals surface area (Å²) in [4.78, 5) is 97.4. The van der Waals surface area contributed by atoms with Crippen molar-refractivity contribution >= 4 is 63.9 Å². The van der Waals surface area contributed by atoms with Crippen LogP contribution in [0.3, 0.4) is 0 Å². The molecule has 0 unspecified atom stereocenters. The van der Waals surface area contributed by atoms with Crippen LogP contribution in [0.25, 0.3) is 0 Å². The first-order valence-corrected chi connectivity index (χ1v) is 41.7. The van der Waals surface area contributed by atoms with Gasteiger partial charge in [-0.05, 0) is 120 Å². The third-order valence-electron chi connectivity index (χ3n) is 21.1. The quantitative estimate of drug-likeness (QED) is 0.0386. The molecule has 0 spiro atoms. The van der Waals surface area contributed by atoms with Crippen molar-refractivity contribution in [1.29, 1.82) is 0 Å². The Kier molecular flexibility index (Phi) is 41.7. The smallest absolute Gasteiger partial charge is 0.403 e. The molecule has 680 valence electrons. The lowest BCUT2D eigenvalue weighted by Gasteiger charge is -2.36. The number of hydrogen-bond donors (Lipinski definition) is 2. The Hall–Kier alpha value is -7.85. The lowest BCUT2D eigenvalue weighted by atomic mass is 9.88. The van der Waals surface area contributed by atoms with Crippen LogP contribution in [0.15, 0.2) is 91.0 Å². The largest absolute Gasteiger partial charge is 0.573 e. The van der Waals surface area contributed by atoms with Crippen LogP contribution in [0.2, 0.25) is 10.0 Å². The first kappa shape index (κ1) is 105. The fraction of sp³-hybridized carbons (Fsp3) is 0.580. The minimum Gasteiger partial charge on any atom is -0.403 e. The Bertz CT molecular complexity index is 4100. The SMILES string of the molecule is CC(=O)N1CCN(C[C@@H](C(=O)C(C)C)c2ccc(OC(F)(F)F)c(F)c2)CC1.CC(=O)N1CCN(C[C@H](C(=O)C(C)C)c2ccc(OC(F)(F)F)c(F)c2)CC1.CC(C)C(=O)[C@H](CNCC1CC1)c1ccc(Cl)c(F)c1.CC(C)NC[C@@H](C(=O)C(C)C)c1ccc(Cl)c(F)c1.CCN1CCN(C[C@H](C(=O)C(C)C)c2ccc(OC(F)(F)F)c(F)c2)CC1. The Balaban J connectivity index is 0.000000273. The Morgan fingerprint density at radius 3 is 0.877 bits per heavy atom. The van der Waals surface area contributed by atoms with Crippen molar-refractivity contribution in [3.8, 4) is 17.2 Å². The highest BCUT2D eigenvalue weighted by Gasteiger charge is 2.38. The number of carbonyl (C=O) groups excluding carboxylic acids is 7. The highest BCUT2D eigenvalue weighted by molar-refractivity contribution is 6.31. The van der Waals surface area contributed by atoms with Gasteiger partial charge in [0.15, 0.2) is 34.7 Å². The van der Waals surface area contributed by atoms with Crippen molar-refractivity contribution in [2.75, 3.05) is 124 Å². The summed E-state index contributed by atoms with van der Waals surface area (Å²) in [5.41, 5.74) is 2.36. The lowest BCUT2D eigenvalue weighted by molar-refractivity contribution is -0.276. The van der Waals surface area contributed by atoms with E-state index in [1.165, 1.54) is 69.2 Å². The number of halogens is 16. The summed E-state index contributed by atoms with van der Waals surface area (Å²) in [5.74, 6) is -10.2. The fourth-order valence-corrected chi connectivity index (χ4v) is 14.0. The maximum absolute atomic E-state index is 14.1. The monoisotopic (exact) mass is 1780 g/mol. The summed E-state index contributed by atoms with van der Waals surface area (Å²) in [7, 11) is 0. The van der Waals surface area contributed by atoms with Crippen LogP contribution in [0.5, 0.6) is 17.2 Å². The standard InChI is InChI=1S/2C19H24F4N2O3.C19H26F4N2O2.C16H21ClFNO.C15H21ClFNO/c2*1-12(2)18(27)15(11-24-6-8-25(9-7-24)13(3)26)14-4-5-17(16(20)10-14)28-19(21,22)23;1-4-24-7-9-25(10-8-24)12-15(18(26)13(2)3)14-5-6-17(16(20)11-14)27-19(21,22)23;1-10(2)16(20)13(9-19-8-11-3-4-11)12-5-6-14(17)15(18)7-12;1-9(2)15(19)12(8-18-10(3)4)11-5-6-13(16)14(17)7-11/h2*4-5,10,12,15H,6-9,11H2,1-3H3;5-6,11,13,15H,4,7-10,12H2,1-3H3;5-7,10-11,13,19H,3-4,8-9H2,1-2H3;5-7,9-10,12,18H,8H2,1-4H3/t3*15-;13-;12-/m10011/s1. The van der Waals surface area contributed by atoms with Crippen LogP contribution in [0.1, 0.15) is 174 Å². The van der Waals surface area contributed by atoms with Gasteiger partial charge in [-0.1, -0.05) is 144 Å². The van der Waals surface area contributed by atoms with Crippen LogP contribution >= 0.6 is 23.2 Å². The number of piperazine rings is 3. The molecule has 4 fully saturated rings. The molecule has 34 heteroatoms. The van der Waals surface area contributed by atoms with E-state index in [4.69, 9.17) is 23.2 Å². The summed E-state index contributed by atoms with van der Waals surface area (Å²) in [6.45, 7) is 38.8. The second-order valence-electron chi connectivity index (χ2n) is 32.6. The average molecular weight is 1780 g/mol. The molecule has 0 radical (unpaired) electrons. The number of rotatable bonds is 32. The molecular weight excluding hydrogens is 1670 g/mol. The number of Topliss-reactive ketones (excluding diaryl/α,β-unsaturated/α-hetero) is 5. The molecule has 0 bridgehead atoms. The molecule has 2 amide bonds. The van der Waals surface area contributed by atoms with Gasteiger partial charge in [0.2, 0.25) is 11.8 Å². The maximum atomic E-state index is 14.1. The van der Waals surface area contributed by atoms with E-state index >= 15 is 0 Å². The van der Waals surface area contributed by atoms with Gasteiger partial charge in [0, 0.05) is 161 Å². The van der Waals surface area contributed by atoms with E-state index in [1.54, 1.807) is 63.5 Å². The summed E-state index contributed by atoms with van der Waals surface area (Å²) in [5, 5.41) is 6.75. The van der Waals surface area contributed by atoms with Gasteiger partial charge in [-0.2, -0.15) is 0 Å². The molecular formula is C88H116Cl2F14N8O10. The van der Waals surface area contributed by atoms with Crippen LogP contribution in [0, 0.1) is 64.6 Å². The number of hydrogen-bond acceptors (Lipinski definition) is 16. The maximum Gasteiger partial charge on any atom is 0.573 e. The number of nitrogens with one attached hydrogen (secondary N) is 2. The molecule has 4 aliphatic rings. The molecule has 0 aromatic heterocycles. The highest BCUT2D eigenvalue weighted by atomic mass is 35.5. The lowest BCUT2D eigenvalue weighted by Crippen LogP contribution is -2.49. The molecule has 18 nitrogen and oxygen atoms in total. The molecule has 2 N–H and O–H groups in total. The first-order valence-electron chi connectivity index (χ1n) is 41.0. The minimum absolute atomic E-state index is 0.0169. The van der Waals surface area contributed by atoms with Crippen LogP contribution in [-0.4, -0.2) is 220 Å². The van der Waals surface area contributed by atoms with E-state index in [-0.39, 0.29) is 98.2 Å². The minimum atomic E-state index is -4.99. The molecule has 5 atom stereocenters. The van der Waals surface area contributed by atoms with E-state index in [9.17, 15) is 95.0 Å². The van der Waals surface area contributed by atoms with Crippen LogP contribution in [0.4, 0.5) is 61.5 Å². The van der Waals surface area contributed by atoms with Gasteiger partial charge in [0.05, 0.1) is 39.6 Å². The fourth-order valence-electron chi connectivity index (χ4n) is 13.8. The van der Waals surface area contributed by atoms with Gasteiger partial charge in [0.1, 0.15) is 40.6 Å². The Labute approximate surface area is 716 Å². The van der Waals surface area contributed by atoms with Crippen molar-refractivity contribution in [2.24, 2.45) is 35.5 Å². The number of amides is 2. The second kappa shape index (κ2) is 48.6. The van der Waals surface area contributed by atoms with E-state index in [2.05, 4.69) is 41.6 Å². The highest BCUT2D eigenvalue weighted by Crippen LogP contribution is 2.36. The van der Waals surface area contributed by atoms with E-state index in [0.717, 1.165) is 81.6 Å². The zero-order chi connectivity index (χ0) is 91.6. The van der Waals surface area contributed by atoms with Gasteiger partial charge in [-0.15, -0.1) is 39.5 Å². The predicted molar refractivity (Wildman–Crippen MR) is 440 cm³/mol. The average Bonchev–Trinajstić information content (AvgIpc) is 1.11. The number of carbonyl (C=O) groups is 7. The molecule has 5 aromatic rings. The first-order chi connectivity index (χ1) is 56.9. The second-order valence-corrected chi connectivity index (χ2v) is 33.4. The van der Waals surface area contributed by atoms with Crippen molar-refractivity contribution in [3.05, 3.63) is 158 Å². The molecule has 3 heterocycles. The summed E-state index contributed by atoms with van der Waals surface area (Å²) in [6, 6.07) is 19.0. The molecule has 3 saturated heterocycles. The topological polar surface area (TPSA) is 191 Å². The predicted octanol–water partition coefficient (Wildman–Crippen LogP) is 17.6. The molecule has 3 aliphatic heterocycles. The van der Waals surface area contributed by atoms with Gasteiger partial charge in [-0.3, -0.25) is 48.3 Å². The van der Waals surface area contributed by atoms with Crippen molar-refractivity contribution in [2.45, 2.75) is 171 Å². The van der Waals surface area contributed by atoms with Gasteiger partial charge in [-0.25, -0.2) is 22.0 Å².